The van der Waals surface area contributed by atoms with Gasteiger partial charge in [0.25, 0.3) is 5.56 Å². The van der Waals surface area contributed by atoms with Crippen LogP contribution >= 0.6 is 0 Å². The Balaban J connectivity index is 1.97. The van der Waals surface area contributed by atoms with Crippen LogP contribution < -0.4 is 22.7 Å². The van der Waals surface area contributed by atoms with Gasteiger partial charge in [0.05, 0.1) is 12.2 Å². The largest absolute Gasteiger partial charge is 0.480 e. The molecule has 7 N–H and O–H groups in total. The van der Waals surface area contributed by atoms with E-state index in [2.05, 4.69) is 4.98 Å². The fourth-order valence-electron chi connectivity index (χ4n) is 2.83. The molecule has 25 heavy (non-hydrogen) atoms. The number of nitrogens with zero attached hydrogens (tertiary/aromatic N) is 1. The molecular weight excluding hydrogens is 332 g/mol. The maximum absolute atomic E-state index is 11.9. The first-order valence-electron chi connectivity index (χ1n) is 8.08. The van der Waals surface area contributed by atoms with E-state index in [1.807, 2.05) is 0 Å². The zero-order chi connectivity index (χ0) is 18.7. The fraction of sp³-hybridized carbons (Fsp3) is 0.667. The van der Waals surface area contributed by atoms with Gasteiger partial charge >= 0.3 is 11.7 Å². The van der Waals surface area contributed by atoms with Crippen molar-refractivity contribution >= 4 is 5.97 Å². The van der Waals surface area contributed by atoms with Crippen LogP contribution in [0.3, 0.4) is 0 Å². The molecule has 0 radical (unpaired) electrons. The number of aromatic amines is 1. The summed E-state index contributed by atoms with van der Waals surface area (Å²) >= 11 is 0. The lowest BCUT2D eigenvalue weighted by Gasteiger charge is -2.20. The van der Waals surface area contributed by atoms with Gasteiger partial charge in [-0.2, -0.15) is 0 Å². The van der Waals surface area contributed by atoms with E-state index in [1.165, 1.54) is 10.8 Å². The Kier molecular flexibility index (Phi) is 6.11. The Morgan fingerprint density at radius 1 is 1.44 bits per heavy atom. The third-order valence-electron chi connectivity index (χ3n) is 4.36. The van der Waals surface area contributed by atoms with Crippen LogP contribution in [0.25, 0.3) is 0 Å². The molecule has 0 aromatic carbocycles. The number of carbonyl (C=O) groups is 1. The molecule has 0 unspecified atom stereocenters. The van der Waals surface area contributed by atoms with Gasteiger partial charge in [-0.25, -0.2) is 4.79 Å². The molecule has 140 valence electrons. The van der Waals surface area contributed by atoms with Gasteiger partial charge in [-0.1, -0.05) is 0 Å². The second kappa shape index (κ2) is 7.91. The van der Waals surface area contributed by atoms with E-state index < -0.39 is 47.7 Å². The Labute approximate surface area is 143 Å². The second-order valence-electron chi connectivity index (χ2n) is 6.43. The van der Waals surface area contributed by atoms with E-state index in [1.54, 1.807) is 6.92 Å². The number of aryl methyl sites for hydroxylation is 1. The molecule has 1 aliphatic heterocycles. The third-order valence-corrected chi connectivity index (χ3v) is 4.36. The molecule has 10 nitrogen and oxygen atoms in total. The van der Waals surface area contributed by atoms with Crippen molar-refractivity contribution in [2.45, 2.75) is 63.1 Å². The van der Waals surface area contributed by atoms with Crippen molar-refractivity contribution in [2.24, 2.45) is 11.5 Å². The lowest BCUT2D eigenvalue weighted by molar-refractivity contribution is -0.138. The van der Waals surface area contributed by atoms with Crippen LogP contribution in [-0.4, -0.2) is 50.0 Å². The number of ether oxygens (including phenoxy) is 1. The standard InChI is InChI=1S/C15H24N4O6/c1-7-6-19(15(24)18-13(7)21)12-5-10(20)11(25-12)4-8(16)2-3-9(17)14(22)23/h6,8-12,20H,2-5,16-17H2,1H3,(H,22,23)(H,18,21,24)/t8-,9-,10-,11+,12+/m0/s1. The first kappa shape index (κ1) is 19.3. The van der Waals surface area contributed by atoms with Crippen molar-refractivity contribution in [3.63, 3.8) is 0 Å². The highest BCUT2D eigenvalue weighted by atomic mass is 16.5. The van der Waals surface area contributed by atoms with E-state index in [9.17, 15) is 19.5 Å². The molecule has 5 atom stereocenters. The number of H-pyrrole nitrogens is 1. The minimum absolute atomic E-state index is 0.192. The summed E-state index contributed by atoms with van der Waals surface area (Å²) in [6.07, 6.45) is 0.398. The highest BCUT2D eigenvalue weighted by Gasteiger charge is 2.36. The van der Waals surface area contributed by atoms with Gasteiger partial charge in [0, 0.05) is 24.2 Å². The number of nitrogens with one attached hydrogen (secondary N) is 1. The van der Waals surface area contributed by atoms with Crippen molar-refractivity contribution in [3.8, 4) is 0 Å². The lowest BCUT2D eigenvalue weighted by Crippen LogP contribution is -2.36. The van der Waals surface area contributed by atoms with Crippen molar-refractivity contribution in [2.75, 3.05) is 0 Å². The Bertz CT molecular complexity index is 729. The monoisotopic (exact) mass is 356 g/mol. The summed E-state index contributed by atoms with van der Waals surface area (Å²) < 4.78 is 6.97. The number of hydrogen-bond donors (Lipinski definition) is 5. The van der Waals surface area contributed by atoms with Crippen LogP contribution in [0, 0.1) is 6.92 Å². The fourth-order valence-corrected chi connectivity index (χ4v) is 2.83. The first-order chi connectivity index (χ1) is 11.7. The number of rotatable bonds is 7. The maximum atomic E-state index is 11.9. The smallest absolute Gasteiger partial charge is 0.330 e. The van der Waals surface area contributed by atoms with Crippen LogP contribution in [0.1, 0.15) is 37.5 Å². The van der Waals surface area contributed by atoms with Gasteiger partial charge in [0.2, 0.25) is 0 Å². The van der Waals surface area contributed by atoms with Crippen molar-refractivity contribution < 1.29 is 19.7 Å². The van der Waals surface area contributed by atoms with Crippen LogP contribution in [0.2, 0.25) is 0 Å². The average Bonchev–Trinajstić information content (AvgIpc) is 2.89. The molecule has 0 spiro atoms. The van der Waals surface area contributed by atoms with Crippen molar-refractivity contribution in [1.82, 2.24) is 9.55 Å². The number of carboxylic acid groups (broad SMARTS) is 1. The average molecular weight is 356 g/mol. The van der Waals surface area contributed by atoms with Gasteiger partial charge in [-0.15, -0.1) is 0 Å². The highest BCUT2D eigenvalue weighted by Crippen LogP contribution is 2.30. The Morgan fingerprint density at radius 3 is 2.76 bits per heavy atom. The molecule has 1 saturated heterocycles. The quantitative estimate of drug-likeness (QED) is 0.388. The van der Waals surface area contributed by atoms with Crippen molar-refractivity contribution in [3.05, 3.63) is 32.6 Å². The molecular formula is C15H24N4O6. The van der Waals surface area contributed by atoms with E-state index >= 15 is 0 Å². The number of carboxylic acids is 1. The van der Waals surface area contributed by atoms with Crippen LogP contribution in [0.15, 0.2) is 15.8 Å². The van der Waals surface area contributed by atoms with E-state index in [0.717, 1.165) is 0 Å². The zero-order valence-corrected chi connectivity index (χ0v) is 13.9. The number of nitrogens with two attached hydrogens (primary N) is 2. The van der Waals surface area contributed by atoms with Gasteiger partial charge in [-0.3, -0.25) is 19.1 Å². The molecule has 1 aromatic rings. The topological polar surface area (TPSA) is 174 Å². The van der Waals surface area contributed by atoms with E-state index in [4.69, 9.17) is 21.3 Å². The molecule has 0 saturated carbocycles. The molecule has 1 aliphatic rings. The summed E-state index contributed by atoms with van der Waals surface area (Å²) in [5.41, 5.74) is 10.7. The molecule has 2 rings (SSSR count). The summed E-state index contributed by atoms with van der Waals surface area (Å²) in [5, 5.41) is 18.9. The van der Waals surface area contributed by atoms with E-state index in [-0.39, 0.29) is 12.8 Å². The molecule has 0 amide bonds. The lowest BCUT2D eigenvalue weighted by atomic mass is 9.99. The maximum Gasteiger partial charge on any atom is 0.330 e. The first-order valence-corrected chi connectivity index (χ1v) is 8.08. The molecule has 1 fully saturated rings. The summed E-state index contributed by atoms with van der Waals surface area (Å²) in [4.78, 5) is 36.2. The summed E-state index contributed by atoms with van der Waals surface area (Å²) in [5.74, 6) is -1.09. The summed E-state index contributed by atoms with van der Waals surface area (Å²) in [7, 11) is 0. The van der Waals surface area contributed by atoms with Crippen molar-refractivity contribution in [1.29, 1.82) is 0 Å². The second-order valence-corrected chi connectivity index (χ2v) is 6.43. The Morgan fingerprint density at radius 2 is 2.12 bits per heavy atom. The minimum atomic E-state index is -1.09. The molecule has 0 bridgehead atoms. The summed E-state index contributed by atoms with van der Waals surface area (Å²) in [6.45, 7) is 1.57. The van der Waals surface area contributed by atoms with E-state index in [0.29, 0.717) is 18.4 Å². The van der Waals surface area contributed by atoms with Crippen LogP contribution in [0.4, 0.5) is 0 Å². The molecule has 10 heteroatoms. The number of aliphatic hydroxyl groups is 1. The van der Waals surface area contributed by atoms with Crippen LogP contribution in [-0.2, 0) is 9.53 Å². The number of aliphatic carboxylic acids is 1. The summed E-state index contributed by atoms with van der Waals surface area (Å²) in [6, 6.07) is -1.37. The number of hydrogen-bond acceptors (Lipinski definition) is 7. The van der Waals surface area contributed by atoms with Gasteiger partial charge < -0.3 is 26.4 Å². The molecule has 1 aromatic heterocycles. The predicted octanol–water partition coefficient (Wildman–Crippen LogP) is -1.60. The SMILES string of the molecule is Cc1cn([C@H]2C[C@H](O)[C@@H](C[C@@H](N)CC[C@H](N)C(=O)O)O2)c(=O)[nH]c1=O. The zero-order valence-electron chi connectivity index (χ0n) is 13.9. The Hall–Kier alpha value is -2.01. The minimum Gasteiger partial charge on any atom is -0.480 e. The molecule has 0 aliphatic carbocycles. The van der Waals surface area contributed by atoms with Gasteiger partial charge in [0.1, 0.15) is 12.3 Å². The molecule has 2 heterocycles. The number of aromatic nitrogens is 2. The normalized spacial score (nSPS) is 25.7. The van der Waals surface area contributed by atoms with Crippen LogP contribution in [0.5, 0.6) is 0 Å². The van der Waals surface area contributed by atoms with Gasteiger partial charge in [0.15, 0.2) is 0 Å². The predicted molar refractivity (Wildman–Crippen MR) is 88.0 cm³/mol. The number of aliphatic hydroxyl groups excluding tert-OH is 1. The third kappa shape index (κ3) is 4.75. The highest BCUT2D eigenvalue weighted by molar-refractivity contribution is 5.72. The van der Waals surface area contributed by atoms with Gasteiger partial charge in [-0.05, 0) is 26.2 Å².